The van der Waals surface area contributed by atoms with Gasteiger partial charge in [-0.25, -0.2) is 0 Å². The predicted octanol–water partition coefficient (Wildman–Crippen LogP) is 3.28. The number of nitrogens with one attached hydrogen (secondary N) is 1. The molecule has 0 amide bonds. The highest BCUT2D eigenvalue weighted by molar-refractivity contribution is 5.78. The Morgan fingerprint density at radius 1 is 1.06 bits per heavy atom. The van der Waals surface area contributed by atoms with Gasteiger partial charge in [0, 0.05) is 29.0 Å². The Balaban J connectivity index is 1.63. The molecule has 0 atom stereocenters. The number of aromatic amines is 1. The third-order valence-electron chi connectivity index (χ3n) is 2.85. The van der Waals surface area contributed by atoms with Crippen LogP contribution in [0.25, 0.3) is 10.9 Å². The molecule has 0 aliphatic carbocycles. The van der Waals surface area contributed by atoms with E-state index in [1.54, 1.807) is 6.20 Å². The molecule has 3 rings (SSSR count). The van der Waals surface area contributed by atoms with E-state index in [1.807, 2.05) is 30.5 Å². The van der Waals surface area contributed by atoms with E-state index >= 15 is 0 Å². The van der Waals surface area contributed by atoms with Crippen LogP contribution in [0.2, 0.25) is 0 Å². The molecule has 0 fully saturated rings. The number of H-pyrrole nitrogens is 1. The molecule has 0 aliphatic rings. The van der Waals surface area contributed by atoms with E-state index in [4.69, 9.17) is 4.74 Å². The molecule has 2 aromatic heterocycles. The van der Waals surface area contributed by atoms with E-state index in [1.165, 1.54) is 5.56 Å². The van der Waals surface area contributed by atoms with Crippen LogP contribution in [0.3, 0.4) is 0 Å². The van der Waals surface area contributed by atoms with Gasteiger partial charge >= 0.3 is 0 Å². The fraction of sp³-hybridized carbons (Fsp3) is 0.133. The smallest absolute Gasteiger partial charge is 0.0870 e. The van der Waals surface area contributed by atoms with Crippen LogP contribution >= 0.6 is 0 Å². The molecule has 90 valence electrons. The van der Waals surface area contributed by atoms with Gasteiger partial charge in [-0.3, -0.25) is 4.98 Å². The van der Waals surface area contributed by atoms with E-state index in [0.29, 0.717) is 13.2 Å². The third-order valence-corrected chi connectivity index (χ3v) is 2.85. The molecule has 0 saturated heterocycles. The molecule has 3 aromatic rings. The number of benzene rings is 1. The molecular weight excluding hydrogens is 224 g/mol. The van der Waals surface area contributed by atoms with Crippen molar-refractivity contribution < 1.29 is 4.74 Å². The Bertz CT molecular complexity index is 598. The molecule has 18 heavy (non-hydrogen) atoms. The van der Waals surface area contributed by atoms with Gasteiger partial charge in [-0.1, -0.05) is 30.3 Å². The first-order valence-electron chi connectivity index (χ1n) is 5.95. The highest BCUT2D eigenvalue weighted by atomic mass is 16.5. The van der Waals surface area contributed by atoms with Gasteiger partial charge in [-0.05, 0) is 17.7 Å². The minimum Gasteiger partial charge on any atom is -0.371 e. The lowest BCUT2D eigenvalue weighted by Gasteiger charge is -2.02. The second-order valence-corrected chi connectivity index (χ2v) is 4.24. The van der Waals surface area contributed by atoms with Crippen molar-refractivity contribution >= 4 is 10.9 Å². The standard InChI is InChI=1S/C15H14N2O/c1-2-4-12(5-3-1)10-18-11-14-8-13-9-16-7-6-15(13)17-14/h1-9,17H,10-11H2. The van der Waals surface area contributed by atoms with Crippen LogP contribution < -0.4 is 0 Å². The molecule has 0 spiro atoms. The summed E-state index contributed by atoms with van der Waals surface area (Å²) >= 11 is 0. The number of rotatable bonds is 4. The van der Waals surface area contributed by atoms with Gasteiger partial charge in [0.05, 0.1) is 13.2 Å². The van der Waals surface area contributed by atoms with Gasteiger partial charge in [-0.2, -0.15) is 0 Å². The summed E-state index contributed by atoms with van der Waals surface area (Å²) in [5.74, 6) is 0. The second kappa shape index (κ2) is 5.02. The number of hydrogen-bond donors (Lipinski definition) is 1. The third kappa shape index (κ3) is 2.41. The van der Waals surface area contributed by atoms with E-state index < -0.39 is 0 Å². The number of pyridine rings is 1. The normalized spacial score (nSPS) is 10.9. The highest BCUT2D eigenvalue weighted by Gasteiger charge is 2.00. The summed E-state index contributed by atoms with van der Waals surface area (Å²) in [7, 11) is 0. The summed E-state index contributed by atoms with van der Waals surface area (Å²) in [4.78, 5) is 7.41. The van der Waals surface area contributed by atoms with Crippen molar-refractivity contribution in [3.8, 4) is 0 Å². The van der Waals surface area contributed by atoms with Crippen LogP contribution in [-0.2, 0) is 18.0 Å². The van der Waals surface area contributed by atoms with Crippen LogP contribution in [0.5, 0.6) is 0 Å². The van der Waals surface area contributed by atoms with Gasteiger partial charge < -0.3 is 9.72 Å². The molecule has 1 N–H and O–H groups in total. The van der Waals surface area contributed by atoms with E-state index in [2.05, 4.69) is 28.2 Å². The second-order valence-electron chi connectivity index (χ2n) is 4.24. The monoisotopic (exact) mass is 238 g/mol. The Morgan fingerprint density at radius 3 is 2.78 bits per heavy atom. The lowest BCUT2D eigenvalue weighted by atomic mass is 10.2. The lowest BCUT2D eigenvalue weighted by Crippen LogP contribution is -1.93. The zero-order valence-corrected chi connectivity index (χ0v) is 9.97. The molecule has 0 bridgehead atoms. The average molecular weight is 238 g/mol. The summed E-state index contributed by atoms with van der Waals surface area (Å²) in [6.07, 6.45) is 3.64. The van der Waals surface area contributed by atoms with E-state index in [0.717, 1.165) is 16.6 Å². The van der Waals surface area contributed by atoms with Crippen LogP contribution in [0.15, 0.2) is 54.9 Å². The Morgan fingerprint density at radius 2 is 1.94 bits per heavy atom. The van der Waals surface area contributed by atoms with Gasteiger partial charge in [-0.15, -0.1) is 0 Å². The maximum atomic E-state index is 5.68. The average Bonchev–Trinajstić information content (AvgIpc) is 2.82. The molecule has 0 saturated carbocycles. The van der Waals surface area contributed by atoms with Crippen molar-refractivity contribution in [2.24, 2.45) is 0 Å². The van der Waals surface area contributed by atoms with Crippen LogP contribution in [0.4, 0.5) is 0 Å². The number of nitrogens with zero attached hydrogens (tertiary/aromatic N) is 1. The first-order valence-corrected chi connectivity index (χ1v) is 5.95. The van der Waals surface area contributed by atoms with Crippen LogP contribution in [-0.4, -0.2) is 9.97 Å². The number of fused-ring (bicyclic) bond motifs is 1. The Kier molecular flexibility index (Phi) is 3.07. The summed E-state index contributed by atoms with van der Waals surface area (Å²) in [6.45, 7) is 1.22. The van der Waals surface area contributed by atoms with Gasteiger partial charge in [0.15, 0.2) is 0 Å². The lowest BCUT2D eigenvalue weighted by molar-refractivity contribution is 0.105. The van der Waals surface area contributed by atoms with Crippen molar-refractivity contribution in [2.45, 2.75) is 13.2 Å². The minimum atomic E-state index is 0.587. The fourth-order valence-electron chi connectivity index (χ4n) is 1.96. The van der Waals surface area contributed by atoms with Gasteiger partial charge in [0.25, 0.3) is 0 Å². The zero-order valence-electron chi connectivity index (χ0n) is 9.97. The number of ether oxygens (including phenoxy) is 1. The largest absolute Gasteiger partial charge is 0.371 e. The summed E-state index contributed by atoms with van der Waals surface area (Å²) < 4.78 is 5.68. The quantitative estimate of drug-likeness (QED) is 0.757. The van der Waals surface area contributed by atoms with Crippen molar-refractivity contribution in [3.05, 3.63) is 66.1 Å². The summed E-state index contributed by atoms with van der Waals surface area (Å²) in [6, 6.07) is 14.2. The molecular formula is C15H14N2O. The first-order chi connectivity index (χ1) is 8.92. The predicted molar refractivity (Wildman–Crippen MR) is 71.0 cm³/mol. The SMILES string of the molecule is c1ccc(COCc2cc3cnccc3[nH]2)cc1. The van der Waals surface area contributed by atoms with Gasteiger partial charge in [0.1, 0.15) is 0 Å². The van der Waals surface area contributed by atoms with Crippen molar-refractivity contribution in [3.63, 3.8) is 0 Å². The van der Waals surface area contributed by atoms with Crippen LogP contribution in [0, 0.1) is 0 Å². The van der Waals surface area contributed by atoms with Crippen molar-refractivity contribution in [1.29, 1.82) is 0 Å². The Labute approximate surface area is 105 Å². The summed E-state index contributed by atoms with van der Waals surface area (Å²) in [5.41, 5.74) is 3.37. The maximum Gasteiger partial charge on any atom is 0.0870 e. The molecule has 0 radical (unpaired) electrons. The zero-order chi connectivity index (χ0) is 12.2. The van der Waals surface area contributed by atoms with E-state index in [9.17, 15) is 0 Å². The van der Waals surface area contributed by atoms with E-state index in [-0.39, 0.29) is 0 Å². The van der Waals surface area contributed by atoms with Gasteiger partial charge in [0.2, 0.25) is 0 Å². The minimum absolute atomic E-state index is 0.587. The maximum absolute atomic E-state index is 5.68. The molecule has 1 aromatic carbocycles. The molecule has 0 aliphatic heterocycles. The molecule has 3 nitrogen and oxygen atoms in total. The first kappa shape index (κ1) is 11.0. The Hall–Kier alpha value is -2.13. The number of hydrogen-bond acceptors (Lipinski definition) is 2. The topological polar surface area (TPSA) is 37.9 Å². The number of aromatic nitrogens is 2. The highest BCUT2D eigenvalue weighted by Crippen LogP contribution is 2.14. The molecule has 0 unspecified atom stereocenters. The van der Waals surface area contributed by atoms with Crippen molar-refractivity contribution in [2.75, 3.05) is 0 Å². The summed E-state index contributed by atoms with van der Waals surface area (Å²) in [5, 5.41) is 1.12. The fourth-order valence-corrected chi connectivity index (χ4v) is 1.96. The van der Waals surface area contributed by atoms with Crippen molar-refractivity contribution in [1.82, 2.24) is 9.97 Å². The van der Waals surface area contributed by atoms with Crippen LogP contribution in [0.1, 0.15) is 11.3 Å². The molecule has 2 heterocycles. The molecule has 3 heteroatoms.